The highest BCUT2D eigenvalue weighted by atomic mass is 16.3. The summed E-state index contributed by atoms with van der Waals surface area (Å²) >= 11 is 0. The highest BCUT2D eigenvalue weighted by molar-refractivity contribution is 5.28. The van der Waals surface area contributed by atoms with Gasteiger partial charge in [0.2, 0.25) is 0 Å². The minimum atomic E-state index is -0.523. The molecule has 5 aliphatic carbocycles. The molecule has 35 heavy (non-hydrogen) atoms. The lowest BCUT2D eigenvalue weighted by Crippen LogP contribution is -2.52. The number of hydrogen-bond acceptors (Lipinski definition) is 2. The molecule has 0 heterocycles. The molecular formula is C33H60O2. The van der Waals surface area contributed by atoms with Gasteiger partial charge in [-0.15, -0.1) is 0 Å². The topological polar surface area (TPSA) is 40.5 Å². The van der Waals surface area contributed by atoms with Gasteiger partial charge in [-0.3, -0.25) is 0 Å². The molecule has 2 nitrogen and oxygen atoms in total. The van der Waals surface area contributed by atoms with E-state index >= 15 is 0 Å². The standard InChI is InChI=1S/C29H48O2.2C2H6/c1-17(8-7-13-27(3,4)31)25-23-18(2)24(23)26-21-10-9-19-16-20(30)11-14-28(19,5)22(21)12-15-29(25,26)6;2*1-2/h9,17-18,20-26,30-31H,7-8,10-16H2,1-6H3;2*1-2H3. The molecule has 2 N–H and O–H groups in total. The first-order valence-electron chi connectivity index (χ1n) is 15.6. The fraction of sp³-hybridized carbons (Fsp3) is 0.939. The van der Waals surface area contributed by atoms with E-state index in [1.54, 1.807) is 5.57 Å². The Morgan fingerprint density at radius 2 is 1.71 bits per heavy atom. The smallest absolute Gasteiger partial charge is 0.0591 e. The van der Waals surface area contributed by atoms with Crippen LogP contribution in [0.15, 0.2) is 11.6 Å². The Balaban J connectivity index is 0.000000815. The average Bonchev–Trinajstić information content (AvgIpc) is 3.33. The molecule has 0 spiro atoms. The number of fused-ring (bicyclic) bond motifs is 7. The fourth-order valence-corrected chi connectivity index (χ4v) is 10.2. The summed E-state index contributed by atoms with van der Waals surface area (Å²) < 4.78 is 0. The van der Waals surface area contributed by atoms with Crippen molar-refractivity contribution in [1.82, 2.24) is 0 Å². The van der Waals surface area contributed by atoms with Gasteiger partial charge in [-0.05, 0) is 117 Å². The monoisotopic (exact) mass is 488 g/mol. The Labute approximate surface area is 218 Å². The van der Waals surface area contributed by atoms with E-state index in [1.807, 2.05) is 41.5 Å². The third-order valence-corrected chi connectivity index (χ3v) is 11.5. The summed E-state index contributed by atoms with van der Waals surface area (Å²) in [5.74, 6) is 7.13. The first-order chi connectivity index (χ1) is 16.5. The number of hydrogen-bond donors (Lipinski definition) is 2. The van der Waals surface area contributed by atoms with E-state index < -0.39 is 5.60 Å². The molecule has 0 aliphatic heterocycles. The van der Waals surface area contributed by atoms with Crippen LogP contribution in [-0.4, -0.2) is 21.9 Å². The van der Waals surface area contributed by atoms with E-state index in [4.69, 9.17) is 0 Å². The molecule has 5 aliphatic rings. The first-order valence-corrected chi connectivity index (χ1v) is 15.6. The molecule has 4 fully saturated rings. The van der Waals surface area contributed by atoms with Crippen molar-refractivity contribution in [3.05, 3.63) is 11.6 Å². The van der Waals surface area contributed by atoms with Crippen LogP contribution >= 0.6 is 0 Å². The molecule has 0 aromatic rings. The zero-order chi connectivity index (χ0) is 26.3. The van der Waals surface area contributed by atoms with Crippen molar-refractivity contribution in [3.8, 4) is 0 Å². The quantitative estimate of drug-likeness (QED) is 0.380. The number of rotatable bonds is 5. The Morgan fingerprint density at radius 1 is 1.06 bits per heavy atom. The predicted molar refractivity (Wildman–Crippen MR) is 150 cm³/mol. The molecule has 0 radical (unpaired) electrons. The Bertz CT molecular complexity index is 734. The van der Waals surface area contributed by atoms with Crippen molar-refractivity contribution >= 4 is 0 Å². The summed E-state index contributed by atoms with van der Waals surface area (Å²) in [6, 6.07) is 0. The number of aliphatic hydroxyl groups excluding tert-OH is 1. The molecule has 4 saturated carbocycles. The molecule has 0 bridgehead atoms. The van der Waals surface area contributed by atoms with Crippen molar-refractivity contribution in [3.63, 3.8) is 0 Å². The molecule has 0 aromatic carbocycles. The maximum Gasteiger partial charge on any atom is 0.0591 e. The molecule has 204 valence electrons. The number of allylic oxidation sites excluding steroid dienone is 1. The van der Waals surface area contributed by atoms with Crippen LogP contribution in [0.1, 0.15) is 127 Å². The van der Waals surface area contributed by atoms with Crippen molar-refractivity contribution in [2.24, 2.45) is 58.2 Å². The molecule has 0 saturated heterocycles. The van der Waals surface area contributed by atoms with Gasteiger partial charge in [-0.25, -0.2) is 0 Å². The summed E-state index contributed by atoms with van der Waals surface area (Å²) in [5, 5.41) is 20.5. The van der Waals surface area contributed by atoms with Crippen molar-refractivity contribution in [2.45, 2.75) is 139 Å². The summed E-state index contributed by atoms with van der Waals surface area (Å²) in [6.07, 6.45) is 13.1. The maximum atomic E-state index is 10.3. The van der Waals surface area contributed by atoms with Gasteiger partial charge in [-0.1, -0.05) is 79.9 Å². The molecule has 11 atom stereocenters. The average molecular weight is 489 g/mol. The van der Waals surface area contributed by atoms with Crippen molar-refractivity contribution in [1.29, 1.82) is 0 Å². The molecule has 0 amide bonds. The van der Waals surface area contributed by atoms with Crippen LogP contribution in [0.2, 0.25) is 0 Å². The van der Waals surface area contributed by atoms with Gasteiger partial charge >= 0.3 is 0 Å². The lowest BCUT2D eigenvalue weighted by Gasteiger charge is -2.59. The fourth-order valence-electron chi connectivity index (χ4n) is 10.2. The van der Waals surface area contributed by atoms with Crippen LogP contribution in [-0.2, 0) is 0 Å². The van der Waals surface area contributed by atoms with E-state index in [2.05, 4.69) is 33.8 Å². The van der Waals surface area contributed by atoms with E-state index in [-0.39, 0.29) is 6.10 Å². The zero-order valence-corrected chi connectivity index (χ0v) is 25.0. The second kappa shape index (κ2) is 10.8. The second-order valence-electron chi connectivity index (χ2n) is 13.8. The summed E-state index contributed by atoms with van der Waals surface area (Å²) in [6.45, 7) is 22.3. The largest absolute Gasteiger partial charge is 0.393 e. The number of aliphatic hydroxyl groups is 2. The van der Waals surface area contributed by atoms with Crippen LogP contribution in [0.5, 0.6) is 0 Å². The third kappa shape index (κ3) is 5.06. The van der Waals surface area contributed by atoms with Crippen LogP contribution in [0.4, 0.5) is 0 Å². The summed E-state index contributed by atoms with van der Waals surface area (Å²) in [4.78, 5) is 0. The van der Waals surface area contributed by atoms with Crippen LogP contribution in [0.25, 0.3) is 0 Å². The minimum absolute atomic E-state index is 0.0989. The van der Waals surface area contributed by atoms with Gasteiger partial charge in [0.05, 0.1) is 11.7 Å². The SMILES string of the molecule is CC.CC.CC(CCCC(C)(C)O)C1C2C(C)C2C2C3CC=C4CC(O)CCC4(C)C3CCC12C. The molecule has 0 aromatic heterocycles. The second-order valence-corrected chi connectivity index (χ2v) is 13.8. The van der Waals surface area contributed by atoms with Gasteiger partial charge in [0.25, 0.3) is 0 Å². The van der Waals surface area contributed by atoms with Gasteiger partial charge < -0.3 is 10.2 Å². The Hall–Kier alpha value is -0.340. The lowest BCUT2D eigenvalue weighted by atomic mass is 9.45. The van der Waals surface area contributed by atoms with Gasteiger partial charge in [0, 0.05) is 0 Å². The van der Waals surface area contributed by atoms with Crippen LogP contribution in [0.3, 0.4) is 0 Å². The predicted octanol–water partition coefficient (Wildman–Crippen LogP) is 8.66. The normalized spacial score (nSPS) is 46.2. The van der Waals surface area contributed by atoms with E-state index in [1.165, 1.54) is 32.1 Å². The Morgan fingerprint density at radius 3 is 2.34 bits per heavy atom. The highest BCUT2D eigenvalue weighted by Gasteiger charge is 2.73. The highest BCUT2D eigenvalue weighted by Crippen LogP contribution is 2.78. The van der Waals surface area contributed by atoms with Crippen LogP contribution < -0.4 is 0 Å². The van der Waals surface area contributed by atoms with E-state index in [0.29, 0.717) is 10.8 Å². The maximum absolute atomic E-state index is 10.3. The van der Waals surface area contributed by atoms with Gasteiger partial charge in [0.1, 0.15) is 0 Å². The third-order valence-electron chi connectivity index (χ3n) is 11.5. The zero-order valence-electron chi connectivity index (χ0n) is 25.0. The molecule has 11 unspecified atom stereocenters. The van der Waals surface area contributed by atoms with Crippen LogP contribution in [0, 0.1) is 58.2 Å². The molecular weight excluding hydrogens is 428 g/mol. The minimum Gasteiger partial charge on any atom is -0.393 e. The first kappa shape index (κ1) is 29.2. The van der Waals surface area contributed by atoms with E-state index in [0.717, 1.165) is 73.0 Å². The van der Waals surface area contributed by atoms with Gasteiger partial charge in [0.15, 0.2) is 0 Å². The lowest BCUT2D eigenvalue weighted by molar-refractivity contribution is -0.0771. The summed E-state index contributed by atoms with van der Waals surface area (Å²) in [5.41, 5.74) is 1.96. The molecule has 2 heteroatoms. The van der Waals surface area contributed by atoms with E-state index in [9.17, 15) is 10.2 Å². The van der Waals surface area contributed by atoms with Gasteiger partial charge in [-0.2, -0.15) is 0 Å². The molecule has 5 rings (SSSR count). The van der Waals surface area contributed by atoms with Crippen molar-refractivity contribution < 1.29 is 10.2 Å². The summed E-state index contributed by atoms with van der Waals surface area (Å²) in [7, 11) is 0. The Kier molecular flexibility index (Phi) is 9.02. The van der Waals surface area contributed by atoms with Crippen molar-refractivity contribution in [2.75, 3.05) is 0 Å².